The molecule has 0 fully saturated rings. The van der Waals surface area contributed by atoms with Crippen molar-refractivity contribution in [3.63, 3.8) is 0 Å². The van der Waals surface area contributed by atoms with Gasteiger partial charge in [0.1, 0.15) is 0 Å². The van der Waals surface area contributed by atoms with E-state index in [9.17, 15) is 9.59 Å². The van der Waals surface area contributed by atoms with Crippen molar-refractivity contribution in [1.29, 1.82) is 0 Å². The molecule has 1 aliphatic rings. The molecule has 0 aromatic heterocycles. The highest BCUT2D eigenvalue weighted by atomic mass is 16.7. The number of hydrogen-bond donors (Lipinski definition) is 0. The average Bonchev–Trinajstić information content (AvgIpc) is 3.14. The molecule has 7 heteroatoms. The summed E-state index contributed by atoms with van der Waals surface area (Å²) >= 11 is 0. The standard InChI is InChI=1S/C20H29NO6/c1-3-5-12-24-13-6-10-21(11-9-19(22)25-4-2)20(23)16-7-8-17-18(14-16)27-15-26-17/h7-8,14H,3-6,9-13,15H2,1-2H3. The fourth-order valence-corrected chi connectivity index (χ4v) is 2.69. The van der Waals surface area contributed by atoms with Gasteiger partial charge in [0.15, 0.2) is 11.5 Å². The second kappa shape index (κ2) is 11.4. The van der Waals surface area contributed by atoms with Crippen LogP contribution in [-0.4, -0.2) is 56.5 Å². The van der Waals surface area contributed by atoms with Crippen molar-refractivity contribution in [2.24, 2.45) is 0 Å². The third-order valence-corrected chi connectivity index (χ3v) is 4.16. The Morgan fingerprint density at radius 2 is 1.85 bits per heavy atom. The van der Waals surface area contributed by atoms with Crippen LogP contribution < -0.4 is 9.47 Å². The van der Waals surface area contributed by atoms with Crippen LogP contribution in [-0.2, 0) is 14.3 Å². The van der Waals surface area contributed by atoms with E-state index in [1.165, 1.54) is 0 Å². The third-order valence-electron chi connectivity index (χ3n) is 4.16. The maximum Gasteiger partial charge on any atom is 0.307 e. The monoisotopic (exact) mass is 379 g/mol. The van der Waals surface area contributed by atoms with Crippen LogP contribution in [0.3, 0.4) is 0 Å². The van der Waals surface area contributed by atoms with Gasteiger partial charge in [-0.2, -0.15) is 0 Å². The molecule has 1 aliphatic heterocycles. The number of hydrogen-bond acceptors (Lipinski definition) is 6. The normalized spacial score (nSPS) is 12.1. The fourth-order valence-electron chi connectivity index (χ4n) is 2.69. The molecule has 27 heavy (non-hydrogen) atoms. The molecule has 0 atom stereocenters. The van der Waals surface area contributed by atoms with Crippen LogP contribution in [0.4, 0.5) is 0 Å². The van der Waals surface area contributed by atoms with E-state index in [4.69, 9.17) is 18.9 Å². The molecule has 7 nitrogen and oxygen atoms in total. The SMILES string of the molecule is CCCCOCCCN(CCC(=O)OCC)C(=O)c1ccc2c(c1)OCO2. The van der Waals surface area contributed by atoms with Crippen LogP contribution in [0.15, 0.2) is 18.2 Å². The summed E-state index contributed by atoms with van der Waals surface area (Å²) in [5.74, 6) is 0.745. The van der Waals surface area contributed by atoms with Gasteiger partial charge in [0, 0.05) is 31.9 Å². The average molecular weight is 379 g/mol. The second-order valence-electron chi connectivity index (χ2n) is 6.23. The van der Waals surface area contributed by atoms with Crippen LogP contribution in [0.2, 0.25) is 0 Å². The number of esters is 1. The Hall–Kier alpha value is -2.28. The number of ether oxygens (including phenoxy) is 4. The quantitative estimate of drug-likeness (QED) is 0.411. The minimum absolute atomic E-state index is 0.147. The van der Waals surface area contributed by atoms with Crippen molar-refractivity contribution >= 4 is 11.9 Å². The smallest absolute Gasteiger partial charge is 0.307 e. The number of fused-ring (bicyclic) bond motifs is 1. The highest BCUT2D eigenvalue weighted by Crippen LogP contribution is 2.32. The summed E-state index contributed by atoms with van der Waals surface area (Å²) in [6, 6.07) is 5.12. The maximum absolute atomic E-state index is 12.9. The lowest BCUT2D eigenvalue weighted by Crippen LogP contribution is -2.34. The minimum Gasteiger partial charge on any atom is -0.466 e. The van der Waals surface area contributed by atoms with Crippen LogP contribution in [0.25, 0.3) is 0 Å². The number of carbonyl (C=O) groups excluding carboxylic acids is 2. The summed E-state index contributed by atoms with van der Waals surface area (Å²) in [4.78, 5) is 26.3. The van der Waals surface area contributed by atoms with Gasteiger partial charge in [0.25, 0.3) is 5.91 Å². The van der Waals surface area contributed by atoms with Crippen LogP contribution in [0, 0.1) is 0 Å². The molecule has 1 aromatic carbocycles. The summed E-state index contributed by atoms with van der Waals surface area (Å²) in [6.45, 7) is 6.51. The molecule has 2 rings (SSSR count). The van der Waals surface area contributed by atoms with Crippen molar-refractivity contribution in [3.05, 3.63) is 23.8 Å². The molecule has 0 saturated carbocycles. The maximum atomic E-state index is 12.9. The van der Waals surface area contributed by atoms with Gasteiger partial charge in [0.2, 0.25) is 6.79 Å². The summed E-state index contributed by atoms with van der Waals surface area (Å²) < 4.78 is 21.2. The molecule has 1 heterocycles. The lowest BCUT2D eigenvalue weighted by molar-refractivity contribution is -0.143. The number of unbranched alkanes of at least 4 members (excludes halogenated alkanes) is 1. The van der Waals surface area contributed by atoms with Gasteiger partial charge < -0.3 is 23.8 Å². The summed E-state index contributed by atoms with van der Waals surface area (Å²) in [5.41, 5.74) is 0.509. The lowest BCUT2D eigenvalue weighted by atomic mass is 10.1. The zero-order chi connectivity index (χ0) is 19.5. The van der Waals surface area contributed by atoms with E-state index in [0.29, 0.717) is 49.8 Å². The van der Waals surface area contributed by atoms with E-state index in [1.54, 1.807) is 30.0 Å². The summed E-state index contributed by atoms with van der Waals surface area (Å²) in [6.07, 6.45) is 3.00. The number of nitrogens with zero attached hydrogens (tertiary/aromatic N) is 1. The molecule has 0 bridgehead atoms. The highest BCUT2D eigenvalue weighted by Gasteiger charge is 2.21. The summed E-state index contributed by atoms with van der Waals surface area (Å²) in [7, 11) is 0. The summed E-state index contributed by atoms with van der Waals surface area (Å²) in [5, 5.41) is 0. The number of carbonyl (C=O) groups is 2. The van der Waals surface area contributed by atoms with Crippen molar-refractivity contribution in [2.45, 2.75) is 39.5 Å². The van der Waals surface area contributed by atoms with Crippen molar-refractivity contribution in [3.8, 4) is 11.5 Å². The van der Waals surface area contributed by atoms with Gasteiger partial charge >= 0.3 is 5.97 Å². The molecular formula is C20H29NO6. The molecule has 0 unspecified atom stereocenters. The first-order chi connectivity index (χ1) is 13.2. The Labute approximate surface area is 160 Å². The Morgan fingerprint density at radius 1 is 1.07 bits per heavy atom. The van der Waals surface area contributed by atoms with Gasteiger partial charge in [-0.3, -0.25) is 9.59 Å². The highest BCUT2D eigenvalue weighted by molar-refractivity contribution is 5.95. The zero-order valence-corrected chi connectivity index (χ0v) is 16.2. The molecule has 1 aromatic rings. The van der Waals surface area contributed by atoms with Gasteiger partial charge in [-0.25, -0.2) is 0 Å². The molecule has 0 saturated heterocycles. The van der Waals surface area contributed by atoms with E-state index in [2.05, 4.69) is 6.92 Å². The van der Waals surface area contributed by atoms with Crippen LogP contribution >= 0.6 is 0 Å². The van der Waals surface area contributed by atoms with Crippen LogP contribution in [0.5, 0.6) is 11.5 Å². The second-order valence-corrected chi connectivity index (χ2v) is 6.23. The molecule has 0 spiro atoms. The van der Waals surface area contributed by atoms with Gasteiger partial charge in [-0.05, 0) is 38.0 Å². The fraction of sp³-hybridized carbons (Fsp3) is 0.600. The molecular weight excluding hydrogens is 350 g/mol. The van der Waals surface area contributed by atoms with E-state index >= 15 is 0 Å². The molecule has 0 radical (unpaired) electrons. The van der Waals surface area contributed by atoms with Crippen molar-refractivity contribution < 1.29 is 28.5 Å². The van der Waals surface area contributed by atoms with E-state index in [1.807, 2.05) is 0 Å². The Morgan fingerprint density at radius 3 is 2.63 bits per heavy atom. The third kappa shape index (κ3) is 6.75. The predicted molar refractivity (Wildman–Crippen MR) is 100 cm³/mol. The Bertz CT molecular complexity index is 618. The van der Waals surface area contributed by atoms with Gasteiger partial charge in [-0.15, -0.1) is 0 Å². The topological polar surface area (TPSA) is 74.3 Å². The lowest BCUT2D eigenvalue weighted by Gasteiger charge is -2.22. The van der Waals surface area contributed by atoms with Crippen molar-refractivity contribution in [1.82, 2.24) is 4.90 Å². The van der Waals surface area contributed by atoms with Gasteiger partial charge in [-0.1, -0.05) is 13.3 Å². The molecule has 0 N–H and O–H groups in total. The Balaban J connectivity index is 1.94. The van der Waals surface area contributed by atoms with E-state index < -0.39 is 0 Å². The number of benzene rings is 1. The molecule has 1 amide bonds. The molecule has 150 valence electrons. The Kier molecular flexibility index (Phi) is 8.91. The van der Waals surface area contributed by atoms with Gasteiger partial charge in [0.05, 0.1) is 13.0 Å². The molecule has 0 aliphatic carbocycles. The number of rotatable bonds is 12. The largest absolute Gasteiger partial charge is 0.466 e. The van der Waals surface area contributed by atoms with Crippen molar-refractivity contribution in [2.75, 3.05) is 39.7 Å². The first kappa shape index (κ1) is 21.0. The zero-order valence-electron chi connectivity index (χ0n) is 16.2. The first-order valence-corrected chi connectivity index (χ1v) is 9.58. The first-order valence-electron chi connectivity index (χ1n) is 9.58. The van der Waals surface area contributed by atoms with E-state index in [0.717, 1.165) is 19.4 Å². The number of amides is 1. The van der Waals surface area contributed by atoms with E-state index in [-0.39, 0.29) is 25.1 Å². The predicted octanol–water partition coefficient (Wildman–Crippen LogP) is 3.02. The van der Waals surface area contributed by atoms with Crippen LogP contribution in [0.1, 0.15) is 49.9 Å². The minimum atomic E-state index is -0.305.